The van der Waals surface area contributed by atoms with Crippen molar-refractivity contribution in [1.29, 1.82) is 0 Å². The molecule has 0 atom stereocenters. The fraction of sp³-hybridized carbons (Fsp3) is 0.182. The van der Waals surface area contributed by atoms with E-state index in [4.69, 9.17) is 0 Å². The van der Waals surface area contributed by atoms with E-state index in [0.717, 1.165) is 0 Å². The lowest BCUT2D eigenvalue weighted by Gasteiger charge is -2.23. The van der Waals surface area contributed by atoms with Crippen molar-refractivity contribution in [2.75, 3.05) is 6.61 Å². The molecule has 0 aliphatic heterocycles. The maximum atomic E-state index is 14.3. The second-order valence-electron chi connectivity index (χ2n) is 6.66. The van der Waals surface area contributed by atoms with Crippen molar-refractivity contribution in [2.24, 2.45) is 0 Å². The maximum absolute atomic E-state index is 14.3. The van der Waals surface area contributed by atoms with E-state index in [-0.39, 0.29) is 17.7 Å². The number of ether oxygens (including phenoxy) is 1. The van der Waals surface area contributed by atoms with Gasteiger partial charge in [-0.2, -0.15) is 26.3 Å². The van der Waals surface area contributed by atoms with Gasteiger partial charge in [0.05, 0.1) is 12.2 Å². The third-order valence-corrected chi connectivity index (χ3v) is 5.54. The number of carbonyl (C=O) groups is 1. The topological polar surface area (TPSA) is 39.2 Å². The van der Waals surface area contributed by atoms with Crippen LogP contribution in [0.25, 0.3) is 22.3 Å². The highest BCUT2D eigenvalue weighted by atomic mass is 79.9. The molecule has 0 unspecified atom stereocenters. The number of esters is 1. The van der Waals surface area contributed by atoms with Gasteiger partial charge in [-0.05, 0) is 42.3 Å². The SMILES string of the molecule is CCOC(=O)c1nc(C(F)(F)F)c(-c2ccc(Br)cc2)c(-c2ccc(Br)cc2)c1C(F)(F)F. The standard InChI is InChI=1S/C22H13Br2F6NO2/c1-2-33-20(32)18-17(21(25,26)27)15(11-3-7-13(23)8-4-11)16(19(31-18)22(28,29)30)12-5-9-14(24)10-6-12/h3-10H,2H2,1H3. The van der Waals surface area contributed by atoms with E-state index in [2.05, 4.69) is 41.6 Å². The number of rotatable bonds is 4. The van der Waals surface area contributed by atoms with Crippen molar-refractivity contribution in [2.45, 2.75) is 19.3 Å². The van der Waals surface area contributed by atoms with E-state index in [1.165, 1.54) is 55.5 Å². The summed E-state index contributed by atoms with van der Waals surface area (Å²) in [5, 5.41) is 0. The molecule has 0 amide bonds. The van der Waals surface area contributed by atoms with Crippen LogP contribution >= 0.6 is 31.9 Å². The lowest BCUT2D eigenvalue weighted by molar-refractivity contribution is -0.144. The minimum atomic E-state index is -5.22. The molecule has 0 bridgehead atoms. The predicted octanol–water partition coefficient (Wildman–Crippen LogP) is 8.15. The van der Waals surface area contributed by atoms with Gasteiger partial charge in [-0.15, -0.1) is 0 Å². The molecule has 0 radical (unpaired) electrons. The van der Waals surface area contributed by atoms with Gasteiger partial charge in [-0.1, -0.05) is 56.1 Å². The van der Waals surface area contributed by atoms with Crippen LogP contribution in [-0.4, -0.2) is 17.6 Å². The van der Waals surface area contributed by atoms with E-state index >= 15 is 0 Å². The Hall–Kier alpha value is -2.40. The van der Waals surface area contributed by atoms with Crippen molar-refractivity contribution in [3.63, 3.8) is 0 Å². The highest BCUT2D eigenvalue weighted by molar-refractivity contribution is 9.10. The van der Waals surface area contributed by atoms with Gasteiger partial charge in [0.2, 0.25) is 0 Å². The van der Waals surface area contributed by atoms with Crippen LogP contribution in [-0.2, 0) is 17.1 Å². The van der Waals surface area contributed by atoms with Gasteiger partial charge < -0.3 is 4.74 Å². The summed E-state index contributed by atoms with van der Waals surface area (Å²) in [4.78, 5) is 15.5. The molecular weight excluding hydrogens is 584 g/mol. The molecule has 0 saturated heterocycles. The smallest absolute Gasteiger partial charge is 0.434 e. The van der Waals surface area contributed by atoms with E-state index < -0.39 is 46.4 Å². The highest BCUT2D eigenvalue weighted by Crippen LogP contribution is 2.49. The Morgan fingerprint density at radius 2 is 1.27 bits per heavy atom. The number of pyridine rings is 1. The van der Waals surface area contributed by atoms with Gasteiger partial charge in [0.1, 0.15) is 0 Å². The number of halogens is 8. The molecule has 3 rings (SSSR count). The van der Waals surface area contributed by atoms with Gasteiger partial charge in [-0.25, -0.2) is 9.78 Å². The number of benzene rings is 2. The highest BCUT2D eigenvalue weighted by Gasteiger charge is 2.46. The Balaban J connectivity index is 2.60. The monoisotopic (exact) mass is 595 g/mol. The van der Waals surface area contributed by atoms with Crippen molar-refractivity contribution in [1.82, 2.24) is 4.98 Å². The predicted molar refractivity (Wildman–Crippen MR) is 116 cm³/mol. The molecule has 0 fully saturated rings. The molecule has 3 aromatic rings. The van der Waals surface area contributed by atoms with Crippen molar-refractivity contribution < 1.29 is 35.9 Å². The molecule has 1 aromatic heterocycles. The number of hydrogen-bond donors (Lipinski definition) is 0. The molecule has 3 nitrogen and oxygen atoms in total. The summed E-state index contributed by atoms with van der Waals surface area (Å²) in [6, 6.07) is 10.5. The molecule has 33 heavy (non-hydrogen) atoms. The molecule has 0 aliphatic rings. The van der Waals surface area contributed by atoms with Gasteiger partial charge in [0.15, 0.2) is 11.4 Å². The average molecular weight is 597 g/mol. The molecule has 0 saturated carbocycles. The maximum Gasteiger partial charge on any atom is 0.434 e. The number of alkyl halides is 6. The van der Waals surface area contributed by atoms with E-state index in [1.54, 1.807) is 0 Å². The van der Waals surface area contributed by atoms with Gasteiger partial charge in [0.25, 0.3) is 0 Å². The fourth-order valence-electron chi connectivity index (χ4n) is 3.22. The summed E-state index contributed by atoms with van der Waals surface area (Å²) in [5.41, 5.74) is -6.62. The first-order chi connectivity index (χ1) is 15.3. The molecule has 2 aromatic carbocycles. The quantitative estimate of drug-likeness (QED) is 0.225. The second kappa shape index (κ2) is 9.46. The van der Waals surface area contributed by atoms with Gasteiger partial charge in [0, 0.05) is 20.1 Å². The molecule has 0 N–H and O–H groups in total. The molecular formula is C22H13Br2F6NO2. The van der Waals surface area contributed by atoms with Crippen LogP contribution in [0.3, 0.4) is 0 Å². The summed E-state index contributed by atoms with van der Waals surface area (Å²) in [5.74, 6) is -1.60. The Morgan fingerprint density at radius 3 is 1.67 bits per heavy atom. The Morgan fingerprint density at radius 1 is 0.818 bits per heavy atom. The van der Waals surface area contributed by atoms with Crippen molar-refractivity contribution >= 4 is 37.8 Å². The Kier molecular flexibility index (Phi) is 7.23. The third-order valence-electron chi connectivity index (χ3n) is 4.48. The first kappa shape index (κ1) is 25.2. The molecule has 0 aliphatic carbocycles. The van der Waals surface area contributed by atoms with Crippen LogP contribution in [0, 0.1) is 0 Å². The number of aromatic nitrogens is 1. The fourth-order valence-corrected chi connectivity index (χ4v) is 3.75. The summed E-state index contributed by atoms with van der Waals surface area (Å²) >= 11 is 6.32. The van der Waals surface area contributed by atoms with Crippen LogP contribution < -0.4 is 0 Å². The van der Waals surface area contributed by atoms with Crippen LogP contribution in [0.15, 0.2) is 57.5 Å². The number of hydrogen-bond acceptors (Lipinski definition) is 3. The van der Waals surface area contributed by atoms with Gasteiger partial charge >= 0.3 is 18.3 Å². The summed E-state index contributed by atoms with van der Waals surface area (Å²) in [6.07, 6.45) is -10.4. The van der Waals surface area contributed by atoms with Crippen LogP contribution in [0.2, 0.25) is 0 Å². The zero-order valence-corrected chi connectivity index (χ0v) is 19.8. The zero-order chi connectivity index (χ0) is 24.6. The summed E-state index contributed by atoms with van der Waals surface area (Å²) < 4.78 is 90.9. The number of carbonyl (C=O) groups excluding carboxylic acids is 1. The van der Waals surface area contributed by atoms with Crippen LogP contribution in [0.4, 0.5) is 26.3 Å². The van der Waals surface area contributed by atoms with E-state index in [9.17, 15) is 31.1 Å². The lowest BCUT2D eigenvalue weighted by atomic mass is 9.88. The van der Waals surface area contributed by atoms with Crippen LogP contribution in [0.1, 0.15) is 28.7 Å². The molecule has 174 valence electrons. The molecule has 1 heterocycles. The normalized spacial score (nSPS) is 12.0. The van der Waals surface area contributed by atoms with Gasteiger partial charge in [-0.3, -0.25) is 0 Å². The first-order valence-corrected chi connectivity index (χ1v) is 10.8. The average Bonchev–Trinajstić information content (AvgIpc) is 2.72. The van der Waals surface area contributed by atoms with E-state index in [0.29, 0.717) is 8.95 Å². The number of nitrogens with zero attached hydrogens (tertiary/aromatic N) is 1. The second-order valence-corrected chi connectivity index (χ2v) is 8.50. The molecule has 11 heteroatoms. The Bertz CT molecular complexity index is 1170. The van der Waals surface area contributed by atoms with Crippen molar-refractivity contribution in [3.8, 4) is 22.3 Å². The van der Waals surface area contributed by atoms with Crippen LogP contribution in [0.5, 0.6) is 0 Å². The Labute approximate surface area is 201 Å². The first-order valence-electron chi connectivity index (χ1n) is 9.26. The minimum Gasteiger partial charge on any atom is -0.461 e. The van der Waals surface area contributed by atoms with E-state index in [1.807, 2.05) is 0 Å². The third kappa shape index (κ3) is 5.40. The minimum absolute atomic E-state index is 0.156. The zero-order valence-electron chi connectivity index (χ0n) is 16.6. The largest absolute Gasteiger partial charge is 0.461 e. The van der Waals surface area contributed by atoms with Crippen molar-refractivity contribution in [3.05, 3.63) is 74.4 Å². The summed E-state index contributed by atoms with van der Waals surface area (Å²) in [6.45, 7) is 0.975. The summed E-state index contributed by atoms with van der Waals surface area (Å²) in [7, 11) is 0. The lowest BCUT2D eigenvalue weighted by Crippen LogP contribution is -2.23. The molecule has 0 spiro atoms.